The van der Waals surface area contributed by atoms with Crippen molar-refractivity contribution < 1.29 is 5.11 Å². The first-order valence-corrected chi connectivity index (χ1v) is 8.91. The average molecular weight is 311 g/mol. The van der Waals surface area contributed by atoms with E-state index in [2.05, 4.69) is 43.2 Å². The number of rotatable bonds is 10. The molecule has 1 aromatic rings. The number of hydrogen-bond donors (Lipinski definition) is 2. The Hall–Kier alpha value is -0.580. The molecule has 0 amide bonds. The van der Waals surface area contributed by atoms with Crippen molar-refractivity contribution in [1.82, 2.24) is 10.3 Å². The summed E-state index contributed by atoms with van der Waals surface area (Å²) in [5, 5.41) is 14.1. The van der Waals surface area contributed by atoms with Crippen LogP contribution in [0.5, 0.6) is 0 Å². The van der Waals surface area contributed by atoms with E-state index in [1.54, 1.807) is 0 Å². The molecule has 0 fully saturated rings. The van der Waals surface area contributed by atoms with Crippen LogP contribution in [0.4, 0.5) is 0 Å². The van der Waals surface area contributed by atoms with Gasteiger partial charge in [-0.1, -0.05) is 13.3 Å². The Morgan fingerprint density at radius 3 is 2.67 bits per heavy atom. The van der Waals surface area contributed by atoms with Crippen LogP contribution in [-0.4, -0.2) is 34.5 Å². The third kappa shape index (κ3) is 7.30. The Morgan fingerprint density at radius 1 is 1.29 bits per heavy atom. The van der Waals surface area contributed by atoms with Gasteiger partial charge in [-0.2, -0.15) is 0 Å². The van der Waals surface area contributed by atoms with E-state index in [9.17, 15) is 5.11 Å². The van der Waals surface area contributed by atoms with Crippen molar-refractivity contribution in [2.24, 2.45) is 0 Å². The van der Waals surface area contributed by atoms with Gasteiger partial charge in [0, 0.05) is 11.2 Å². The molecule has 2 N–H and O–H groups in total. The Bertz CT molecular complexity index is 405. The first-order valence-electron chi connectivity index (χ1n) is 7.93. The van der Waals surface area contributed by atoms with Crippen molar-refractivity contribution in [3.63, 3.8) is 0 Å². The van der Waals surface area contributed by atoms with Crippen LogP contribution < -0.4 is 5.32 Å². The number of aryl methyl sites for hydroxylation is 2. The summed E-state index contributed by atoms with van der Waals surface area (Å²) in [6.45, 7) is 9.60. The van der Waals surface area contributed by atoms with Gasteiger partial charge in [0.25, 0.3) is 0 Å². The molecule has 1 aromatic heterocycles. The van der Waals surface area contributed by atoms with Crippen molar-refractivity contribution in [2.75, 3.05) is 18.9 Å². The van der Waals surface area contributed by atoms with Gasteiger partial charge >= 0.3 is 0 Å². The first-order chi connectivity index (χ1) is 9.99. The number of nitrogens with zero attached hydrogens (tertiary/aromatic N) is 1. The highest BCUT2D eigenvalue weighted by Crippen LogP contribution is 2.21. The summed E-state index contributed by atoms with van der Waals surface area (Å²) in [6, 6.07) is 4.26. The molecule has 0 aliphatic heterocycles. The third-order valence-corrected chi connectivity index (χ3v) is 4.60. The lowest BCUT2D eigenvalue weighted by Crippen LogP contribution is -2.46. The van der Waals surface area contributed by atoms with Gasteiger partial charge in [-0.3, -0.25) is 0 Å². The fraction of sp³-hybridized carbons (Fsp3) is 0.706. The Balaban J connectivity index is 2.27. The molecule has 1 heterocycles. The molecule has 1 atom stereocenters. The largest absolute Gasteiger partial charge is 0.394 e. The molecule has 0 radical (unpaired) electrons. The van der Waals surface area contributed by atoms with Crippen LogP contribution in [0.2, 0.25) is 0 Å². The van der Waals surface area contributed by atoms with Crippen molar-refractivity contribution >= 4 is 11.8 Å². The van der Waals surface area contributed by atoms with Gasteiger partial charge in [-0.05, 0) is 70.0 Å². The quantitative estimate of drug-likeness (QED) is 0.511. The molecule has 21 heavy (non-hydrogen) atoms. The second kappa shape index (κ2) is 9.44. The van der Waals surface area contributed by atoms with Gasteiger partial charge in [0.1, 0.15) is 0 Å². The molecule has 1 unspecified atom stereocenters. The minimum atomic E-state index is -0.126. The number of thioether (sulfide) groups is 1. The van der Waals surface area contributed by atoms with Crippen LogP contribution in [-0.2, 0) is 0 Å². The minimum absolute atomic E-state index is 0.126. The highest BCUT2D eigenvalue weighted by Gasteiger charge is 2.21. The number of aromatic nitrogens is 1. The normalized spacial score (nSPS) is 14.1. The Labute approximate surface area is 133 Å². The van der Waals surface area contributed by atoms with Crippen LogP contribution in [0, 0.1) is 13.8 Å². The van der Waals surface area contributed by atoms with Crippen LogP contribution in [0.15, 0.2) is 17.2 Å². The summed E-state index contributed by atoms with van der Waals surface area (Å²) in [5.74, 6) is 1.09. The number of pyridine rings is 1. The molecule has 0 aliphatic carbocycles. The predicted molar refractivity (Wildman–Crippen MR) is 92.1 cm³/mol. The van der Waals surface area contributed by atoms with Gasteiger partial charge in [0.2, 0.25) is 0 Å². The highest BCUT2D eigenvalue weighted by molar-refractivity contribution is 7.99. The SMILES string of the molecule is CCCNC(C)(CO)CCCCSc1cc(C)cc(C)n1. The third-order valence-electron chi connectivity index (χ3n) is 3.60. The molecule has 0 saturated carbocycles. The maximum atomic E-state index is 9.53. The number of nitrogens with one attached hydrogen (secondary N) is 1. The summed E-state index contributed by atoms with van der Waals surface area (Å²) in [4.78, 5) is 4.55. The van der Waals surface area contributed by atoms with E-state index in [1.165, 1.54) is 5.56 Å². The number of hydrogen-bond acceptors (Lipinski definition) is 4. The fourth-order valence-electron chi connectivity index (χ4n) is 2.32. The first kappa shape index (κ1) is 18.5. The topological polar surface area (TPSA) is 45.1 Å². The molecule has 1 rings (SSSR count). The summed E-state index contributed by atoms with van der Waals surface area (Å²) >= 11 is 1.83. The Morgan fingerprint density at radius 2 is 2.05 bits per heavy atom. The smallest absolute Gasteiger partial charge is 0.0965 e. The maximum Gasteiger partial charge on any atom is 0.0965 e. The van der Waals surface area contributed by atoms with Crippen molar-refractivity contribution in [3.05, 3.63) is 23.4 Å². The standard InChI is InChI=1S/C17H30N2OS/c1-5-9-18-17(4,13-20)8-6-7-10-21-16-12-14(2)11-15(3)19-16/h11-12,18,20H,5-10,13H2,1-4H3. The second-order valence-electron chi connectivity index (χ2n) is 6.08. The molecule has 0 spiro atoms. The second-order valence-corrected chi connectivity index (χ2v) is 7.19. The van der Waals surface area contributed by atoms with E-state index in [0.29, 0.717) is 0 Å². The lowest BCUT2D eigenvalue weighted by atomic mass is 9.96. The van der Waals surface area contributed by atoms with E-state index in [-0.39, 0.29) is 12.1 Å². The van der Waals surface area contributed by atoms with Crippen LogP contribution >= 0.6 is 11.8 Å². The minimum Gasteiger partial charge on any atom is -0.394 e. The zero-order chi connectivity index (χ0) is 15.7. The van der Waals surface area contributed by atoms with Crippen LogP contribution in [0.25, 0.3) is 0 Å². The van der Waals surface area contributed by atoms with Crippen LogP contribution in [0.1, 0.15) is 50.8 Å². The summed E-state index contributed by atoms with van der Waals surface area (Å²) in [6.07, 6.45) is 4.41. The number of aliphatic hydroxyl groups is 1. The van der Waals surface area contributed by atoms with Gasteiger partial charge in [0.15, 0.2) is 0 Å². The highest BCUT2D eigenvalue weighted by atomic mass is 32.2. The molecule has 0 bridgehead atoms. The van der Waals surface area contributed by atoms with Gasteiger partial charge < -0.3 is 10.4 Å². The summed E-state index contributed by atoms with van der Waals surface area (Å²) in [7, 11) is 0. The molecule has 0 aromatic carbocycles. The summed E-state index contributed by atoms with van der Waals surface area (Å²) < 4.78 is 0. The van der Waals surface area contributed by atoms with Crippen LogP contribution in [0.3, 0.4) is 0 Å². The number of aliphatic hydroxyl groups excluding tert-OH is 1. The van der Waals surface area contributed by atoms with Crippen molar-refractivity contribution in [2.45, 2.75) is 63.9 Å². The van der Waals surface area contributed by atoms with Gasteiger partial charge in [-0.15, -0.1) is 11.8 Å². The lowest BCUT2D eigenvalue weighted by molar-refractivity contribution is 0.163. The van der Waals surface area contributed by atoms with E-state index in [0.717, 1.165) is 48.7 Å². The van der Waals surface area contributed by atoms with E-state index in [1.807, 2.05) is 18.7 Å². The lowest BCUT2D eigenvalue weighted by Gasteiger charge is -2.28. The molecule has 0 aliphatic rings. The van der Waals surface area contributed by atoms with E-state index < -0.39 is 0 Å². The molecule has 120 valence electrons. The predicted octanol–water partition coefficient (Wildman–Crippen LogP) is 3.71. The van der Waals surface area contributed by atoms with Crippen molar-refractivity contribution in [3.8, 4) is 0 Å². The monoisotopic (exact) mass is 310 g/mol. The number of unbranched alkanes of at least 4 members (excludes halogenated alkanes) is 1. The molecule has 4 heteroatoms. The van der Waals surface area contributed by atoms with Gasteiger partial charge in [0.05, 0.1) is 11.6 Å². The van der Waals surface area contributed by atoms with E-state index in [4.69, 9.17) is 0 Å². The zero-order valence-electron chi connectivity index (χ0n) is 13.9. The zero-order valence-corrected chi connectivity index (χ0v) is 14.7. The molecular formula is C17H30N2OS. The van der Waals surface area contributed by atoms with Crippen molar-refractivity contribution in [1.29, 1.82) is 0 Å². The molecule has 3 nitrogen and oxygen atoms in total. The molecular weight excluding hydrogens is 280 g/mol. The molecule has 0 saturated heterocycles. The maximum absolute atomic E-state index is 9.53. The fourth-order valence-corrected chi connectivity index (χ4v) is 3.36. The van der Waals surface area contributed by atoms with E-state index >= 15 is 0 Å². The average Bonchev–Trinajstić information content (AvgIpc) is 2.44. The summed E-state index contributed by atoms with van der Waals surface area (Å²) in [5.41, 5.74) is 2.24. The van der Waals surface area contributed by atoms with Gasteiger partial charge in [-0.25, -0.2) is 4.98 Å². The Kier molecular flexibility index (Phi) is 8.30.